The van der Waals surface area contributed by atoms with E-state index in [4.69, 9.17) is 14.5 Å². The normalized spacial score (nSPS) is 10.7. The maximum Gasteiger partial charge on any atom is 0.162 e. The average molecular weight is 274 g/mol. The molecule has 2 aromatic rings. The van der Waals surface area contributed by atoms with Crippen LogP contribution < -0.4 is 14.4 Å². The number of anilines is 1. The van der Waals surface area contributed by atoms with Crippen LogP contribution in [0.3, 0.4) is 0 Å². The smallest absolute Gasteiger partial charge is 0.162 e. The molecule has 0 aliphatic rings. The van der Waals surface area contributed by atoms with E-state index in [0.717, 1.165) is 35.6 Å². The third-order valence-electron chi connectivity index (χ3n) is 3.55. The molecule has 1 heterocycles. The highest BCUT2D eigenvalue weighted by Crippen LogP contribution is 2.33. The summed E-state index contributed by atoms with van der Waals surface area (Å²) in [7, 11) is 3.29. The van der Waals surface area contributed by atoms with Gasteiger partial charge in [0.2, 0.25) is 0 Å². The Morgan fingerprint density at radius 3 is 2.15 bits per heavy atom. The molecule has 2 rings (SSSR count). The Hall–Kier alpha value is -1.97. The van der Waals surface area contributed by atoms with Crippen LogP contribution in [0.15, 0.2) is 18.2 Å². The average Bonchev–Trinajstić information content (AvgIpc) is 2.47. The van der Waals surface area contributed by atoms with E-state index in [1.165, 1.54) is 5.56 Å². The molecule has 0 fully saturated rings. The first-order chi connectivity index (χ1) is 9.64. The molecule has 0 bridgehead atoms. The van der Waals surface area contributed by atoms with E-state index in [9.17, 15) is 0 Å². The summed E-state index contributed by atoms with van der Waals surface area (Å²) in [4.78, 5) is 7.05. The van der Waals surface area contributed by atoms with Crippen LogP contribution in [0.25, 0.3) is 10.9 Å². The topological polar surface area (TPSA) is 34.6 Å². The van der Waals surface area contributed by atoms with E-state index in [0.29, 0.717) is 5.75 Å². The maximum atomic E-state index is 5.35. The van der Waals surface area contributed by atoms with Crippen molar-refractivity contribution < 1.29 is 9.47 Å². The molecule has 20 heavy (non-hydrogen) atoms. The molecule has 0 N–H and O–H groups in total. The first-order valence-electron chi connectivity index (χ1n) is 6.92. The van der Waals surface area contributed by atoms with Gasteiger partial charge in [-0.15, -0.1) is 0 Å². The fraction of sp³-hybridized carbons (Fsp3) is 0.438. The molecular formula is C16H22N2O2. The van der Waals surface area contributed by atoms with Crippen molar-refractivity contribution in [2.75, 3.05) is 32.2 Å². The molecule has 0 atom stereocenters. The van der Waals surface area contributed by atoms with Crippen LogP contribution in [-0.2, 0) is 0 Å². The molecule has 4 heteroatoms. The predicted molar refractivity (Wildman–Crippen MR) is 83.1 cm³/mol. The van der Waals surface area contributed by atoms with Gasteiger partial charge in [-0.2, -0.15) is 0 Å². The minimum atomic E-state index is 0.710. The number of hydrogen-bond donors (Lipinski definition) is 0. The minimum Gasteiger partial charge on any atom is -0.493 e. The van der Waals surface area contributed by atoms with E-state index in [1.807, 2.05) is 12.1 Å². The van der Waals surface area contributed by atoms with Gasteiger partial charge in [-0.25, -0.2) is 4.98 Å². The largest absolute Gasteiger partial charge is 0.493 e. The molecule has 0 amide bonds. The molecule has 0 saturated heterocycles. The molecule has 0 radical (unpaired) electrons. The van der Waals surface area contributed by atoms with Crippen molar-refractivity contribution in [3.05, 3.63) is 23.8 Å². The third kappa shape index (κ3) is 2.50. The van der Waals surface area contributed by atoms with Crippen LogP contribution in [0, 0.1) is 6.92 Å². The predicted octanol–water partition coefficient (Wildman–Crippen LogP) is 3.41. The van der Waals surface area contributed by atoms with Crippen molar-refractivity contribution in [3.8, 4) is 11.5 Å². The van der Waals surface area contributed by atoms with Crippen molar-refractivity contribution in [1.82, 2.24) is 4.98 Å². The van der Waals surface area contributed by atoms with E-state index in [-0.39, 0.29) is 0 Å². The van der Waals surface area contributed by atoms with Crippen molar-refractivity contribution in [2.45, 2.75) is 20.8 Å². The lowest BCUT2D eigenvalue weighted by atomic mass is 10.1. The Balaban J connectivity index is 2.63. The third-order valence-corrected chi connectivity index (χ3v) is 3.55. The first kappa shape index (κ1) is 14.4. The van der Waals surface area contributed by atoms with Crippen LogP contribution >= 0.6 is 0 Å². The molecule has 4 nitrogen and oxygen atoms in total. The summed E-state index contributed by atoms with van der Waals surface area (Å²) in [6, 6.07) is 6.05. The molecule has 1 aromatic carbocycles. The van der Waals surface area contributed by atoms with Crippen LogP contribution in [0.4, 0.5) is 5.82 Å². The summed E-state index contributed by atoms with van der Waals surface area (Å²) in [6.45, 7) is 8.27. The van der Waals surface area contributed by atoms with E-state index >= 15 is 0 Å². The standard InChI is InChI=1S/C16H22N2O2/c1-6-18(7-2)16-11(3)8-12-9-14(19-4)15(20-5)10-13(12)17-16/h8-10H,6-7H2,1-5H3. The number of aromatic nitrogens is 1. The second-order valence-corrected chi connectivity index (χ2v) is 4.70. The Labute approximate surface area is 120 Å². The number of benzene rings is 1. The van der Waals surface area contributed by atoms with Crippen molar-refractivity contribution in [3.63, 3.8) is 0 Å². The molecule has 0 spiro atoms. The van der Waals surface area contributed by atoms with Crippen LogP contribution in [0.2, 0.25) is 0 Å². The Bertz CT molecular complexity index is 607. The minimum absolute atomic E-state index is 0.710. The zero-order valence-corrected chi connectivity index (χ0v) is 12.9. The molecule has 0 aliphatic heterocycles. The van der Waals surface area contributed by atoms with Gasteiger partial charge in [0.15, 0.2) is 11.5 Å². The number of nitrogens with zero attached hydrogens (tertiary/aromatic N) is 2. The van der Waals surface area contributed by atoms with Gasteiger partial charge in [0, 0.05) is 24.5 Å². The van der Waals surface area contributed by atoms with E-state index < -0.39 is 0 Å². The number of fused-ring (bicyclic) bond motifs is 1. The molecule has 0 unspecified atom stereocenters. The van der Waals surface area contributed by atoms with Gasteiger partial charge in [0.25, 0.3) is 0 Å². The summed E-state index contributed by atoms with van der Waals surface area (Å²) < 4.78 is 10.7. The zero-order valence-electron chi connectivity index (χ0n) is 12.9. The molecule has 1 aromatic heterocycles. The van der Waals surface area contributed by atoms with Gasteiger partial charge in [-0.05, 0) is 38.5 Å². The number of ether oxygens (including phenoxy) is 2. The highest BCUT2D eigenvalue weighted by atomic mass is 16.5. The molecule has 0 aliphatic carbocycles. The SMILES string of the molecule is CCN(CC)c1nc2cc(OC)c(OC)cc2cc1C. The summed E-state index contributed by atoms with van der Waals surface area (Å²) in [5, 5.41) is 1.07. The summed E-state index contributed by atoms with van der Waals surface area (Å²) in [6.07, 6.45) is 0. The maximum absolute atomic E-state index is 5.35. The Kier molecular flexibility index (Phi) is 4.32. The molecule has 0 saturated carbocycles. The quantitative estimate of drug-likeness (QED) is 0.837. The second-order valence-electron chi connectivity index (χ2n) is 4.70. The fourth-order valence-electron chi connectivity index (χ4n) is 2.44. The van der Waals surface area contributed by atoms with E-state index in [2.05, 4.69) is 31.7 Å². The Morgan fingerprint density at radius 2 is 1.60 bits per heavy atom. The fourth-order valence-corrected chi connectivity index (χ4v) is 2.44. The highest BCUT2D eigenvalue weighted by Gasteiger charge is 2.12. The van der Waals surface area contributed by atoms with Crippen molar-refractivity contribution >= 4 is 16.7 Å². The van der Waals surface area contributed by atoms with Gasteiger partial charge in [-0.1, -0.05) is 0 Å². The van der Waals surface area contributed by atoms with Crippen LogP contribution in [0.1, 0.15) is 19.4 Å². The monoisotopic (exact) mass is 274 g/mol. The summed E-state index contributed by atoms with van der Waals surface area (Å²) in [5.41, 5.74) is 2.10. The van der Waals surface area contributed by atoms with Gasteiger partial charge in [-0.3, -0.25) is 0 Å². The lowest BCUT2D eigenvalue weighted by molar-refractivity contribution is 0.356. The van der Waals surface area contributed by atoms with Gasteiger partial charge in [0.1, 0.15) is 5.82 Å². The number of methoxy groups -OCH3 is 2. The van der Waals surface area contributed by atoms with Gasteiger partial charge < -0.3 is 14.4 Å². The second kappa shape index (κ2) is 5.99. The number of hydrogen-bond acceptors (Lipinski definition) is 4. The summed E-state index contributed by atoms with van der Waals surface area (Å²) in [5.74, 6) is 2.48. The molecule has 108 valence electrons. The lowest BCUT2D eigenvalue weighted by Crippen LogP contribution is -2.23. The Morgan fingerprint density at radius 1 is 1.00 bits per heavy atom. The number of pyridine rings is 1. The van der Waals surface area contributed by atoms with Crippen LogP contribution in [0.5, 0.6) is 11.5 Å². The van der Waals surface area contributed by atoms with Gasteiger partial charge >= 0.3 is 0 Å². The van der Waals surface area contributed by atoms with Gasteiger partial charge in [0.05, 0.1) is 19.7 Å². The van der Waals surface area contributed by atoms with Crippen LogP contribution in [-0.4, -0.2) is 32.3 Å². The first-order valence-corrected chi connectivity index (χ1v) is 6.92. The van der Waals surface area contributed by atoms with Crippen molar-refractivity contribution in [2.24, 2.45) is 0 Å². The number of aryl methyl sites for hydroxylation is 1. The highest BCUT2D eigenvalue weighted by molar-refractivity contribution is 5.85. The molecular weight excluding hydrogens is 252 g/mol. The number of rotatable bonds is 5. The summed E-state index contributed by atoms with van der Waals surface area (Å²) >= 11 is 0. The van der Waals surface area contributed by atoms with E-state index in [1.54, 1.807) is 14.2 Å². The van der Waals surface area contributed by atoms with Crippen molar-refractivity contribution in [1.29, 1.82) is 0 Å². The lowest BCUT2D eigenvalue weighted by Gasteiger charge is -2.22. The zero-order chi connectivity index (χ0) is 14.7.